The molecule has 104 valence electrons. The van der Waals surface area contributed by atoms with Crippen molar-refractivity contribution >= 4 is 21.6 Å². The molecule has 0 amide bonds. The van der Waals surface area contributed by atoms with Gasteiger partial charge in [0.2, 0.25) is 10.0 Å². The molecule has 1 aromatic carbocycles. The SMILES string of the molecule is CCC(C)C(C)NS(=O)(=O)c1ccc(C#N)c(Cl)c1. The van der Waals surface area contributed by atoms with E-state index in [-0.39, 0.29) is 27.4 Å². The second-order valence-electron chi connectivity index (χ2n) is 4.55. The normalized spacial score (nSPS) is 14.7. The molecule has 0 saturated heterocycles. The van der Waals surface area contributed by atoms with Crippen molar-refractivity contribution in [1.82, 2.24) is 4.72 Å². The van der Waals surface area contributed by atoms with Crippen molar-refractivity contribution < 1.29 is 8.42 Å². The molecule has 0 heterocycles. The van der Waals surface area contributed by atoms with Gasteiger partial charge in [0.1, 0.15) is 6.07 Å². The highest BCUT2D eigenvalue weighted by Crippen LogP contribution is 2.21. The summed E-state index contributed by atoms with van der Waals surface area (Å²) in [6.07, 6.45) is 0.887. The highest BCUT2D eigenvalue weighted by molar-refractivity contribution is 7.89. The van der Waals surface area contributed by atoms with Crippen LogP contribution in [0.25, 0.3) is 0 Å². The third-order valence-electron chi connectivity index (χ3n) is 3.21. The van der Waals surface area contributed by atoms with Crippen molar-refractivity contribution in [3.05, 3.63) is 28.8 Å². The average Bonchev–Trinajstić information content (AvgIpc) is 2.37. The third kappa shape index (κ3) is 3.93. The molecule has 2 atom stereocenters. The number of hydrogen-bond acceptors (Lipinski definition) is 3. The van der Waals surface area contributed by atoms with Gasteiger partial charge in [-0.25, -0.2) is 13.1 Å². The first-order valence-corrected chi connectivity index (χ1v) is 7.90. The smallest absolute Gasteiger partial charge is 0.208 e. The molecule has 2 unspecified atom stereocenters. The molecule has 0 aliphatic heterocycles. The lowest BCUT2D eigenvalue weighted by Crippen LogP contribution is -2.36. The first-order chi connectivity index (χ1) is 8.81. The number of sulfonamides is 1. The summed E-state index contributed by atoms with van der Waals surface area (Å²) in [6, 6.07) is 5.82. The Hall–Kier alpha value is -1.09. The second-order valence-corrected chi connectivity index (χ2v) is 6.67. The van der Waals surface area contributed by atoms with Gasteiger partial charge < -0.3 is 0 Å². The average molecular weight is 301 g/mol. The minimum absolute atomic E-state index is 0.0756. The predicted octanol–water partition coefficient (Wildman–Crippen LogP) is 2.92. The molecule has 0 radical (unpaired) electrons. The minimum Gasteiger partial charge on any atom is -0.208 e. The van der Waals surface area contributed by atoms with E-state index in [4.69, 9.17) is 16.9 Å². The second kappa shape index (κ2) is 6.38. The van der Waals surface area contributed by atoms with Crippen LogP contribution in [0.2, 0.25) is 5.02 Å². The van der Waals surface area contributed by atoms with Crippen LogP contribution in [-0.2, 0) is 10.0 Å². The van der Waals surface area contributed by atoms with Gasteiger partial charge in [-0.15, -0.1) is 0 Å². The lowest BCUT2D eigenvalue weighted by molar-refractivity contribution is 0.434. The van der Waals surface area contributed by atoms with E-state index < -0.39 is 10.0 Å². The highest BCUT2D eigenvalue weighted by Gasteiger charge is 2.21. The zero-order valence-electron chi connectivity index (χ0n) is 11.1. The molecule has 0 bridgehead atoms. The molecule has 1 N–H and O–H groups in total. The van der Waals surface area contributed by atoms with Gasteiger partial charge in [-0.2, -0.15) is 5.26 Å². The van der Waals surface area contributed by atoms with Crippen LogP contribution >= 0.6 is 11.6 Å². The van der Waals surface area contributed by atoms with E-state index in [9.17, 15) is 8.42 Å². The minimum atomic E-state index is -3.61. The summed E-state index contributed by atoms with van der Waals surface area (Å²) in [4.78, 5) is 0.0756. The zero-order chi connectivity index (χ0) is 14.6. The zero-order valence-corrected chi connectivity index (χ0v) is 12.7. The highest BCUT2D eigenvalue weighted by atomic mass is 35.5. The Kier molecular flexibility index (Phi) is 5.36. The van der Waals surface area contributed by atoms with Crippen LogP contribution < -0.4 is 4.72 Å². The Morgan fingerprint density at radius 3 is 2.53 bits per heavy atom. The molecular weight excluding hydrogens is 284 g/mol. The van der Waals surface area contributed by atoms with Crippen LogP contribution in [0.15, 0.2) is 23.1 Å². The number of rotatable bonds is 5. The maximum absolute atomic E-state index is 12.2. The van der Waals surface area contributed by atoms with Gasteiger partial charge in [-0.3, -0.25) is 0 Å². The summed E-state index contributed by atoms with van der Waals surface area (Å²) >= 11 is 5.85. The van der Waals surface area contributed by atoms with E-state index in [0.29, 0.717) is 0 Å². The summed E-state index contributed by atoms with van der Waals surface area (Å²) in [6.45, 7) is 5.82. The largest absolute Gasteiger partial charge is 0.240 e. The molecule has 0 fully saturated rings. The van der Waals surface area contributed by atoms with Crippen molar-refractivity contribution in [2.75, 3.05) is 0 Å². The molecule has 1 aromatic rings. The molecule has 0 saturated carbocycles. The fraction of sp³-hybridized carbons (Fsp3) is 0.462. The lowest BCUT2D eigenvalue weighted by Gasteiger charge is -2.19. The van der Waals surface area contributed by atoms with Gasteiger partial charge in [0.15, 0.2) is 0 Å². The van der Waals surface area contributed by atoms with Crippen LogP contribution in [-0.4, -0.2) is 14.5 Å². The van der Waals surface area contributed by atoms with E-state index in [1.54, 1.807) is 0 Å². The number of nitrogens with zero attached hydrogens (tertiary/aromatic N) is 1. The number of halogens is 1. The van der Waals surface area contributed by atoms with Gasteiger partial charge in [-0.05, 0) is 31.0 Å². The quantitative estimate of drug-likeness (QED) is 0.909. The van der Waals surface area contributed by atoms with Crippen molar-refractivity contribution in [3.63, 3.8) is 0 Å². The number of nitriles is 1. The molecule has 1 rings (SSSR count). The monoisotopic (exact) mass is 300 g/mol. The number of hydrogen-bond donors (Lipinski definition) is 1. The van der Waals surface area contributed by atoms with Gasteiger partial charge >= 0.3 is 0 Å². The summed E-state index contributed by atoms with van der Waals surface area (Å²) in [5, 5.41) is 8.90. The summed E-state index contributed by atoms with van der Waals surface area (Å²) in [7, 11) is -3.61. The molecule has 6 heteroatoms. The van der Waals surface area contributed by atoms with E-state index >= 15 is 0 Å². The fourth-order valence-electron chi connectivity index (χ4n) is 1.54. The number of nitrogens with one attached hydrogen (secondary N) is 1. The Morgan fingerprint density at radius 2 is 2.05 bits per heavy atom. The molecule has 0 aliphatic carbocycles. The molecular formula is C13H17ClN2O2S. The van der Waals surface area contributed by atoms with Crippen LogP contribution in [0.3, 0.4) is 0 Å². The fourth-order valence-corrected chi connectivity index (χ4v) is 3.20. The van der Waals surface area contributed by atoms with Crippen LogP contribution in [0.4, 0.5) is 0 Å². The van der Waals surface area contributed by atoms with E-state index in [2.05, 4.69) is 4.72 Å². The predicted molar refractivity (Wildman–Crippen MR) is 75.4 cm³/mol. The van der Waals surface area contributed by atoms with Gasteiger partial charge in [0.25, 0.3) is 0 Å². The third-order valence-corrected chi connectivity index (χ3v) is 5.08. The van der Waals surface area contributed by atoms with Crippen molar-refractivity contribution in [3.8, 4) is 6.07 Å². The molecule has 0 aromatic heterocycles. The van der Waals surface area contributed by atoms with Gasteiger partial charge in [0, 0.05) is 6.04 Å². The summed E-state index contributed by atoms with van der Waals surface area (Å²) in [5.41, 5.74) is 0.260. The van der Waals surface area contributed by atoms with Gasteiger partial charge in [-0.1, -0.05) is 31.9 Å². The first kappa shape index (κ1) is 16.0. The van der Waals surface area contributed by atoms with E-state index in [1.807, 2.05) is 26.8 Å². The van der Waals surface area contributed by atoms with Gasteiger partial charge in [0.05, 0.1) is 15.5 Å². The molecule has 0 aliphatic rings. The first-order valence-electron chi connectivity index (χ1n) is 6.03. The molecule has 19 heavy (non-hydrogen) atoms. The number of benzene rings is 1. The Bertz CT molecular complexity index is 593. The van der Waals surface area contributed by atoms with Crippen LogP contribution in [0, 0.1) is 17.2 Å². The van der Waals surface area contributed by atoms with Crippen molar-refractivity contribution in [2.24, 2.45) is 5.92 Å². The van der Waals surface area contributed by atoms with Crippen molar-refractivity contribution in [1.29, 1.82) is 5.26 Å². The summed E-state index contributed by atoms with van der Waals surface area (Å²) in [5.74, 6) is 0.239. The standard InChI is InChI=1S/C13H17ClN2O2S/c1-4-9(2)10(3)16-19(17,18)12-6-5-11(8-15)13(14)7-12/h5-7,9-10,16H,4H2,1-3H3. The van der Waals surface area contributed by atoms with Crippen molar-refractivity contribution in [2.45, 2.75) is 38.1 Å². The Morgan fingerprint density at radius 1 is 1.42 bits per heavy atom. The Labute approximate surface area is 119 Å². The lowest BCUT2D eigenvalue weighted by atomic mass is 10.0. The maximum atomic E-state index is 12.2. The molecule has 0 spiro atoms. The van der Waals surface area contributed by atoms with Crippen LogP contribution in [0.5, 0.6) is 0 Å². The summed E-state index contributed by atoms with van der Waals surface area (Å²) < 4.78 is 26.9. The van der Waals surface area contributed by atoms with E-state index in [0.717, 1.165) is 6.42 Å². The van der Waals surface area contributed by atoms with Crippen LogP contribution in [0.1, 0.15) is 32.8 Å². The Balaban J connectivity index is 3.02. The topological polar surface area (TPSA) is 70.0 Å². The maximum Gasteiger partial charge on any atom is 0.240 e. The molecule has 4 nitrogen and oxygen atoms in total. The van der Waals surface area contributed by atoms with E-state index in [1.165, 1.54) is 18.2 Å².